The second-order valence-corrected chi connectivity index (χ2v) is 11.0. The fourth-order valence-electron chi connectivity index (χ4n) is 3.58. The van der Waals surface area contributed by atoms with E-state index in [1.54, 1.807) is 0 Å². The minimum Gasteiger partial charge on any atom is -0.460 e. The van der Waals surface area contributed by atoms with E-state index in [4.69, 9.17) is 9.47 Å². The summed E-state index contributed by atoms with van der Waals surface area (Å²) in [5.74, 6) is -0.103. The van der Waals surface area contributed by atoms with Crippen molar-refractivity contribution in [3.05, 3.63) is 12.2 Å². The van der Waals surface area contributed by atoms with Crippen LogP contribution in [0.2, 0.25) is 0 Å². The van der Waals surface area contributed by atoms with Crippen LogP contribution < -0.4 is 0 Å². The van der Waals surface area contributed by atoms with Gasteiger partial charge in [0.2, 0.25) is 0 Å². The maximum Gasteiger partial charge on any atom is 0.306 e. The highest BCUT2D eigenvalue weighted by Gasteiger charge is 2.20. The standard InChI is InChI=1S/C30H56O4/c1-7-29(3,4)33-27(31)25-23-21-19-17-15-13-11-9-10-12-14-16-18-20-22-24-26-28(32)34-30(5,6)8-2/h11,13H,7-10,12,14-26H2,1-6H3/b13-11+. The van der Waals surface area contributed by atoms with Crippen LogP contribution in [0.1, 0.15) is 157 Å². The molecule has 34 heavy (non-hydrogen) atoms. The fourth-order valence-corrected chi connectivity index (χ4v) is 3.58. The first-order valence-corrected chi connectivity index (χ1v) is 14.2. The molecule has 0 aromatic carbocycles. The molecule has 200 valence electrons. The molecule has 0 amide bonds. The van der Waals surface area contributed by atoms with Gasteiger partial charge >= 0.3 is 11.9 Å². The Balaban J connectivity index is 3.37. The van der Waals surface area contributed by atoms with Crippen molar-refractivity contribution in [2.45, 2.75) is 168 Å². The highest BCUT2D eigenvalue weighted by molar-refractivity contribution is 5.70. The molecule has 0 N–H and O–H groups in total. The highest BCUT2D eigenvalue weighted by Crippen LogP contribution is 2.17. The van der Waals surface area contributed by atoms with E-state index in [-0.39, 0.29) is 23.1 Å². The third kappa shape index (κ3) is 21.2. The van der Waals surface area contributed by atoms with Gasteiger partial charge < -0.3 is 9.47 Å². The summed E-state index contributed by atoms with van der Waals surface area (Å²) in [6, 6.07) is 0. The van der Waals surface area contributed by atoms with Gasteiger partial charge in [-0.15, -0.1) is 0 Å². The molecule has 0 spiro atoms. The summed E-state index contributed by atoms with van der Waals surface area (Å²) >= 11 is 0. The molecule has 0 aromatic rings. The second kappa shape index (κ2) is 19.9. The average Bonchev–Trinajstić information content (AvgIpc) is 2.77. The van der Waals surface area contributed by atoms with Gasteiger partial charge in [-0.3, -0.25) is 9.59 Å². The van der Waals surface area contributed by atoms with Crippen LogP contribution in [0.25, 0.3) is 0 Å². The molecule has 0 fully saturated rings. The predicted octanol–water partition coefficient (Wildman–Crippen LogP) is 9.25. The Hall–Kier alpha value is -1.32. The molecule has 4 nitrogen and oxygen atoms in total. The molecule has 0 aliphatic carbocycles. The van der Waals surface area contributed by atoms with Crippen molar-refractivity contribution in [3.63, 3.8) is 0 Å². The first kappa shape index (κ1) is 32.7. The lowest BCUT2D eigenvalue weighted by Crippen LogP contribution is -2.26. The molecule has 0 radical (unpaired) electrons. The first-order valence-electron chi connectivity index (χ1n) is 14.2. The second-order valence-electron chi connectivity index (χ2n) is 11.0. The number of allylic oxidation sites excluding steroid dienone is 2. The minimum atomic E-state index is -0.327. The third-order valence-corrected chi connectivity index (χ3v) is 6.65. The van der Waals surface area contributed by atoms with E-state index in [2.05, 4.69) is 12.2 Å². The molecular weight excluding hydrogens is 424 g/mol. The molecule has 0 saturated heterocycles. The van der Waals surface area contributed by atoms with Gasteiger partial charge in [0.05, 0.1) is 0 Å². The minimum absolute atomic E-state index is 0.0477. The summed E-state index contributed by atoms with van der Waals surface area (Å²) in [4.78, 5) is 23.6. The van der Waals surface area contributed by atoms with Crippen molar-refractivity contribution in [1.29, 1.82) is 0 Å². The number of ether oxygens (including phenoxy) is 2. The first-order chi connectivity index (χ1) is 16.1. The molecule has 0 atom stereocenters. The van der Waals surface area contributed by atoms with E-state index < -0.39 is 0 Å². The summed E-state index contributed by atoms with van der Waals surface area (Å²) in [5.41, 5.74) is -0.650. The van der Waals surface area contributed by atoms with Crippen molar-refractivity contribution in [2.75, 3.05) is 0 Å². The number of carbonyl (C=O) groups is 2. The van der Waals surface area contributed by atoms with Crippen molar-refractivity contribution in [3.8, 4) is 0 Å². The lowest BCUT2D eigenvalue weighted by molar-refractivity contribution is -0.157. The van der Waals surface area contributed by atoms with Crippen molar-refractivity contribution < 1.29 is 19.1 Å². The van der Waals surface area contributed by atoms with E-state index in [9.17, 15) is 9.59 Å². The smallest absolute Gasteiger partial charge is 0.306 e. The molecule has 0 aromatic heterocycles. The number of esters is 2. The lowest BCUT2D eigenvalue weighted by atomic mass is 10.1. The zero-order chi connectivity index (χ0) is 25.7. The number of rotatable bonds is 22. The van der Waals surface area contributed by atoms with Crippen molar-refractivity contribution in [1.82, 2.24) is 0 Å². The zero-order valence-corrected chi connectivity index (χ0v) is 23.5. The molecule has 0 saturated carbocycles. The van der Waals surface area contributed by atoms with Crippen molar-refractivity contribution in [2.24, 2.45) is 0 Å². The number of unbranched alkanes of at least 4 members (excludes halogenated alkanes) is 12. The number of hydrogen-bond donors (Lipinski definition) is 0. The fraction of sp³-hybridized carbons (Fsp3) is 0.867. The van der Waals surface area contributed by atoms with Gasteiger partial charge in [0.1, 0.15) is 11.2 Å². The molecule has 0 rings (SSSR count). The van der Waals surface area contributed by atoms with E-state index in [1.165, 1.54) is 57.8 Å². The van der Waals surface area contributed by atoms with E-state index >= 15 is 0 Å². The largest absolute Gasteiger partial charge is 0.460 e. The summed E-state index contributed by atoms with van der Waals surface area (Å²) < 4.78 is 11.0. The van der Waals surface area contributed by atoms with Gasteiger partial charge in [0, 0.05) is 12.8 Å². The Morgan fingerprint density at radius 2 is 0.824 bits per heavy atom. The van der Waals surface area contributed by atoms with Gasteiger partial charge in [0.25, 0.3) is 0 Å². The van der Waals surface area contributed by atoms with Crippen LogP contribution in [0.3, 0.4) is 0 Å². The maximum absolute atomic E-state index is 11.8. The normalized spacial score (nSPS) is 12.3. The van der Waals surface area contributed by atoms with Gasteiger partial charge in [-0.05, 0) is 79.1 Å². The highest BCUT2D eigenvalue weighted by atomic mass is 16.6. The van der Waals surface area contributed by atoms with Gasteiger partial charge in [-0.1, -0.05) is 77.4 Å². The summed E-state index contributed by atoms with van der Waals surface area (Å²) in [6.07, 6.45) is 24.1. The van der Waals surface area contributed by atoms with Crippen LogP contribution >= 0.6 is 0 Å². The monoisotopic (exact) mass is 480 g/mol. The van der Waals surface area contributed by atoms with Gasteiger partial charge in [-0.2, -0.15) is 0 Å². The zero-order valence-electron chi connectivity index (χ0n) is 23.5. The topological polar surface area (TPSA) is 52.6 Å². The molecule has 0 heterocycles. The van der Waals surface area contributed by atoms with E-state index in [1.807, 2.05) is 41.5 Å². The van der Waals surface area contributed by atoms with Crippen LogP contribution in [0.5, 0.6) is 0 Å². The molecule has 0 unspecified atom stereocenters. The molecule has 4 heteroatoms. The Kier molecular flexibility index (Phi) is 19.2. The Labute approximate surface area is 211 Å². The van der Waals surface area contributed by atoms with Crippen LogP contribution in [-0.2, 0) is 19.1 Å². The third-order valence-electron chi connectivity index (χ3n) is 6.65. The maximum atomic E-state index is 11.8. The summed E-state index contributed by atoms with van der Waals surface area (Å²) in [6.45, 7) is 12.0. The molecule has 0 bridgehead atoms. The van der Waals surface area contributed by atoms with Crippen LogP contribution in [0.4, 0.5) is 0 Å². The van der Waals surface area contributed by atoms with Gasteiger partial charge in [0.15, 0.2) is 0 Å². The van der Waals surface area contributed by atoms with Crippen molar-refractivity contribution >= 4 is 11.9 Å². The lowest BCUT2D eigenvalue weighted by Gasteiger charge is -2.23. The van der Waals surface area contributed by atoms with Crippen LogP contribution in [0.15, 0.2) is 12.2 Å². The Morgan fingerprint density at radius 1 is 0.529 bits per heavy atom. The SMILES string of the molecule is CCC(C)(C)OC(=O)CCCCCC/C=C/CCCCCCCCCCC(=O)OC(C)(C)CC. The summed E-state index contributed by atoms with van der Waals surface area (Å²) in [7, 11) is 0. The Morgan fingerprint density at radius 3 is 1.15 bits per heavy atom. The van der Waals surface area contributed by atoms with E-state index in [0.717, 1.165) is 44.9 Å². The molecule has 0 aliphatic rings. The average molecular weight is 481 g/mol. The van der Waals surface area contributed by atoms with E-state index in [0.29, 0.717) is 12.8 Å². The van der Waals surface area contributed by atoms with Crippen LogP contribution in [-0.4, -0.2) is 23.1 Å². The number of carbonyl (C=O) groups excluding carboxylic acids is 2. The van der Waals surface area contributed by atoms with Gasteiger partial charge in [-0.25, -0.2) is 0 Å². The summed E-state index contributed by atoms with van der Waals surface area (Å²) in [5, 5.41) is 0. The molecule has 0 aliphatic heterocycles. The number of hydrogen-bond acceptors (Lipinski definition) is 4. The molecular formula is C30H56O4. The quantitative estimate of drug-likeness (QED) is 0.0880. The van der Waals surface area contributed by atoms with Crippen LogP contribution in [0, 0.1) is 0 Å². The Bertz CT molecular complexity index is 548. The predicted molar refractivity (Wildman–Crippen MR) is 144 cm³/mol.